The number of hydrogen-bond donors (Lipinski definition) is 1. The smallest absolute Gasteiger partial charge is 0.0355 e. The molecule has 0 amide bonds. The number of nitrogens with two attached hydrogens (primary N) is 1. The second-order valence-electron chi connectivity index (χ2n) is 4.12. The molecule has 2 rings (SSSR count). The Bertz CT molecular complexity index is 208. The second-order valence-corrected chi connectivity index (χ2v) is 4.12. The van der Waals surface area contributed by atoms with E-state index in [1.54, 1.807) is 0 Å². The van der Waals surface area contributed by atoms with Gasteiger partial charge in [0.2, 0.25) is 0 Å². The summed E-state index contributed by atoms with van der Waals surface area (Å²) in [6.07, 6.45) is 11.2. The average Bonchev–Trinajstić information content (AvgIpc) is 2.29. The van der Waals surface area contributed by atoms with Gasteiger partial charge in [0.1, 0.15) is 0 Å². The van der Waals surface area contributed by atoms with Crippen LogP contribution in [0.4, 0.5) is 0 Å². The van der Waals surface area contributed by atoms with Gasteiger partial charge in [0, 0.05) is 18.0 Å². The van der Waals surface area contributed by atoms with Gasteiger partial charge in [-0.1, -0.05) is 24.3 Å². The number of likely N-dealkylation sites (tertiary alicyclic amines) is 1. The zero-order valence-electron chi connectivity index (χ0n) is 8.19. The van der Waals surface area contributed by atoms with Crippen molar-refractivity contribution < 1.29 is 0 Å². The van der Waals surface area contributed by atoms with Gasteiger partial charge in [-0.15, -0.1) is 0 Å². The van der Waals surface area contributed by atoms with Crippen molar-refractivity contribution in [1.29, 1.82) is 0 Å². The molecule has 13 heavy (non-hydrogen) atoms. The van der Waals surface area contributed by atoms with E-state index >= 15 is 0 Å². The summed E-state index contributed by atoms with van der Waals surface area (Å²) in [6.45, 7) is 1.17. The minimum atomic E-state index is 0.344. The van der Waals surface area contributed by atoms with Gasteiger partial charge in [0.05, 0.1) is 0 Å². The number of fused-ring (bicyclic) bond motifs is 1. The summed E-state index contributed by atoms with van der Waals surface area (Å²) < 4.78 is 0. The molecule has 1 aliphatic carbocycles. The maximum atomic E-state index is 6.14. The lowest BCUT2D eigenvalue weighted by molar-refractivity contribution is 0.248. The number of hydrogen-bond acceptors (Lipinski definition) is 2. The van der Waals surface area contributed by atoms with Gasteiger partial charge >= 0.3 is 0 Å². The molecule has 0 spiro atoms. The van der Waals surface area contributed by atoms with Gasteiger partial charge < -0.3 is 5.73 Å². The van der Waals surface area contributed by atoms with E-state index in [9.17, 15) is 0 Å². The standard InChI is InChI=1S/C11H18N2/c1-13-8-4-6-10(12)9-5-2-3-7-11(9)13/h2-3,5,7,9-11H,4,6,8,12H2,1H3. The maximum absolute atomic E-state index is 6.14. The number of nitrogens with zero attached hydrogens (tertiary/aromatic N) is 1. The van der Waals surface area contributed by atoms with E-state index in [-0.39, 0.29) is 0 Å². The molecule has 0 radical (unpaired) electrons. The molecule has 1 heterocycles. The van der Waals surface area contributed by atoms with Crippen LogP contribution in [0.1, 0.15) is 12.8 Å². The van der Waals surface area contributed by atoms with Crippen LogP contribution >= 0.6 is 0 Å². The second kappa shape index (κ2) is 3.64. The predicted molar refractivity (Wildman–Crippen MR) is 55.4 cm³/mol. The monoisotopic (exact) mass is 178 g/mol. The van der Waals surface area contributed by atoms with Gasteiger partial charge in [-0.25, -0.2) is 0 Å². The highest BCUT2D eigenvalue weighted by molar-refractivity contribution is 5.19. The summed E-state index contributed by atoms with van der Waals surface area (Å²) in [6, 6.07) is 0.874. The number of likely N-dealkylation sites (N-methyl/N-ethyl adjacent to an activating group) is 1. The van der Waals surface area contributed by atoms with Crippen molar-refractivity contribution >= 4 is 0 Å². The Morgan fingerprint density at radius 3 is 2.92 bits per heavy atom. The molecule has 2 heteroatoms. The summed E-state index contributed by atoms with van der Waals surface area (Å²) in [4.78, 5) is 2.41. The Kier molecular flexibility index (Phi) is 2.51. The third-order valence-electron chi connectivity index (χ3n) is 3.20. The molecular formula is C11H18N2. The van der Waals surface area contributed by atoms with Crippen LogP contribution < -0.4 is 5.73 Å². The topological polar surface area (TPSA) is 29.3 Å². The number of allylic oxidation sites excluding steroid dienone is 2. The lowest BCUT2D eigenvalue weighted by Gasteiger charge is -2.32. The van der Waals surface area contributed by atoms with Gasteiger partial charge in [-0.2, -0.15) is 0 Å². The Morgan fingerprint density at radius 1 is 1.31 bits per heavy atom. The Hall–Kier alpha value is -0.600. The fraction of sp³-hybridized carbons (Fsp3) is 0.636. The van der Waals surface area contributed by atoms with E-state index in [0.717, 1.165) is 6.42 Å². The number of rotatable bonds is 0. The van der Waals surface area contributed by atoms with Gasteiger partial charge in [-0.3, -0.25) is 4.90 Å². The zero-order valence-corrected chi connectivity index (χ0v) is 8.19. The molecule has 2 aliphatic rings. The minimum Gasteiger partial charge on any atom is -0.327 e. The van der Waals surface area contributed by atoms with Crippen molar-refractivity contribution in [3.63, 3.8) is 0 Å². The molecular weight excluding hydrogens is 160 g/mol. The largest absolute Gasteiger partial charge is 0.327 e. The van der Waals surface area contributed by atoms with Crippen molar-refractivity contribution in [2.24, 2.45) is 11.7 Å². The molecule has 3 atom stereocenters. The van der Waals surface area contributed by atoms with Crippen LogP contribution in [0.25, 0.3) is 0 Å². The lowest BCUT2D eigenvalue weighted by atomic mass is 9.87. The third-order valence-corrected chi connectivity index (χ3v) is 3.20. The van der Waals surface area contributed by atoms with E-state index in [1.807, 2.05) is 0 Å². The van der Waals surface area contributed by atoms with Crippen molar-refractivity contribution in [1.82, 2.24) is 4.90 Å². The van der Waals surface area contributed by atoms with E-state index < -0.39 is 0 Å². The Morgan fingerprint density at radius 2 is 2.08 bits per heavy atom. The molecule has 1 aliphatic heterocycles. The molecule has 0 bridgehead atoms. The molecule has 2 nitrogen and oxygen atoms in total. The molecule has 0 aromatic carbocycles. The van der Waals surface area contributed by atoms with Crippen LogP contribution in [-0.4, -0.2) is 30.6 Å². The first-order valence-corrected chi connectivity index (χ1v) is 5.10. The average molecular weight is 178 g/mol. The van der Waals surface area contributed by atoms with Crippen molar-refractivity contribution in [2.75, 3.05) is 13.6 Å². The lowest BCUT2D eigenvalue weighted by Crippen LogP contribution is -2.42. The molecule has 1 fully saturated rings. The van der Waals surface area contributed by atoms with E-state index in [0.29, 0.717) is 18.0 Å². The molecule has 0 aromatic heterocycles. The van der Waals surface area contributed by atoms with Gasteiger partial charge in [0.15, 0.2) is 0 Å². The summed E-state index contributed by atoms with van der Waals surface area (Å²) in [5, 5.41) is 0. The van der Waals surface area contributed by atoms with Crippen LogP contribution in [0.15, 0.2) is 24.3 Å². The first kappa shape index (κ1) is 8.97. The summed E-state index contributed by atoms with van der Waals surface area (Å²) >= 11 is 0. The van der Waals surface area contributed by atoms with Crippen LogP contribution in [-0.2, 0) is 0 Å². The normalized spacial score (nSPS) is 40.0. The van der Waals surface area contributed by atoms with Gasteiger partial charge in [-0.05, 0) is 26.4 Å². The molecule has 1 saturated heterocycles. The first-order chi connectivity index (χ1) is 6.29. The summed E-state index contributed by atoms with van der Waals surface area (Å²) in [7, 11) is 2.19. The highest BCUT2D eigenvalue weighted by Gasteiger charge is 2.29. The van der Waals surface area contributed by atoms with E-state index in [4.69, 9.17) is 5.73 Å². The van der Waals surface area contributed by atoms with Crippen LogP contribution in [0.5, 0.6) is 0 Å². The molecule has 3 unspecified atom stereocenters. The van der Waals surface area contributed by atoms with Crippen LogP contribution in [0.2, 0.25) is 0 Å². The van der Waals surface area contributed by atoms with Gasteiger partial charge in [0.25, 0.3) is 0 Å². The Labute approximate surface area is 80.1 Å². The van der Waals surface area contributed by atoms with Crippen molar-refractivity contribution in [3.05, 3.63) is 24.3 Å². The zero-order chi connectivity index (χ0) is 9.26. The quantitative estimate of drug-likeness (QED) is 0.603. The minimum absolute atomic E-state index is 0.344. The third kappa shape index (κ3) is 1.69. The molecule has 2 N–H and O–H groups in total. The highest BCUT2D eigenvalue weighted by atomic mass is 15.1. The fourth-order valence-electron chi connectivity index (χ4n) is 2.37. The highest BCUT2D eigenvalue weighted by Crippen LogP contribution is 2.25. The fourth-order valence-corrected chi connectivity index (χ4v) is 2.37. The Balaban J connectivity index is 2.20. The molecule has 72 valence electrons. The SMILES string of the molecule is CN1CCCC(N)C2C=CC=CC21. The van der Waals surface area contributed by atoms with Crippen molar-refractivity contribution in [3.8, 4) is 0 Å². The van der Waals surface area contributed by atoms with E-state index in [2.05, 4.69) is 36.3 Å². The van der Waals surface area contributed by atoms with Crippen LogP contribution in [0, 0.1) is 5.92 Å². The van der Waals surface area contributed by atoms with Crippen LogP contribution in [0.3, 0.4) is 0 Å². The van der Waals surface area contributed by atoms with Crippen molar-refractivity contribution in [2.45, 2.75) is 24.9 Å². The first-order valence-electron chi connectivity index (χ1n) is 5.10. The maximum Gasteiger partial charge on any atom is 0.0355 e. The predicted octanol–water partition coefficient (Wildman–Crippen LogP) is 1.15. The summed E-state index contributed by atoms with van der Waals surface area (Å²) in [5.74, 6) is 0.525. The van der Waals surface area contributed by atoms with E-state index in [1.165, 1.54) is 13.0 Å². The molecule has 0 aromatic rings. The molecule has 0 saturated carbocycles. The summed E-state index contributed by atoms with van der Waals surface area (Å²) in [5.41, 5.74) is 6.14.